The number of hydrogen-bond acceptors (Lipinski definition) is 3. The van der Waals surface area contributed by atoms with Crippen LogP contribution in [0.5, 0.6) is 5.75 Å². The van der Waals surface area contributed by atoms with Crippen LogP contribution in [-0.2, 0) is 16.7 Å². The van der Waals surface area contributed by atoms with Crippen LogP contribution in [0.25, 0.3) is 0 Å². The summed E-state index contributed by atoms with van der Waals surface area (Å²) in [6.07, 6.45) is 5.26. The maximum Gasteiger partial charge on any atom is 0.157 e. The zero-order chi connectivity index (χ0) is 18.4. The van der Waals surface area contributed by atoms with Gasteiger partial charge in [0, 0.05) is 24.0 Å². The average molecular weight is 359 g/mol. The summed E-state index contributed by atoms with van der Waals surface area (Å²) < 4.78 is 17.3. The van der Waals surface area contributed by atoms with E-state index in [1.807, 2.05) is 12.1 Å². The number of furan rings is 1. The van der Waals surface area contributed by atoms with Crippen molar-refractivity contribution in [1.82, 2.24) is 0 Å². The van der Waals surface area contributed by atoms with E-state index in [0.717, 1.165) is 50.5 Å². The Labute approximate surface area is 156 Å². The van der Waals surface area contributed by atoms with Crippen LogP contribution in [0, 0.1) is 5.92 Å². The topological polar surface area (TPSA) is 48.2 Å². The van der Waals surface area contributed by atoms with E-state index in [-0.39, 0.29) is 5.41 Å². The maximum atomic E-state index is 6.09. The molecule has 0 unspecified atom stereocenters. The molecular weight excluding hydrogens is 326 g/mol. The first-order valence-electron chi connectivity index (χ1n) is 9.74. The Bertz CT molecular complexity index is 668. The Kier molecular flexibility index (Phi) is 6.38. The normalized spacial score (nSPS) is 23.3. The van der Waals surface area contributed by atoms with Crippen molar-refractivity contribution < 1.29 is 19.2 Å². The van der Waals surface area contributed by atoms with Crippen LogP contribution in [0.4, 0.5) is 0 Å². The van der Waals surface area contributed by atoms with Gasteiger partial charge in [0.1, 0.15) is 12.3 Å². The highest BCUT2D eigenvalue weighted by atomic mass is 16.5. The van der Waals surface area contributed by atoms with Crippen molar-refractivity contribution >= 4 is 0 Å². The summed E-state index contributed by atoms with van der Waals surface area (Å²) in [5, 5.41) is 2.34. The van der Waals surface area contributed by atoms with Gasteiger partial charge in [0.25, 0.3) is 0 Å². The average Bonchev–Trinajstić information content (AvgIpc) is 3.19. The Morgan fingerprint density at radius 3 is 2.81 bits per heavy atom. The highest BCUT2D eigenvalue weighted by Crippen LogP contribution is 2.44. The van der Waals surface area contributed by atoms with E-state index in [1.54, 1.807) is 13.4 Å². The third kappa shape index (κ3) is 4.30. The molecule has 0 radical (unpaired) electrons. The van der Waals surface area contributed by atoms with Crippen LogP contribution in [0.3, 0.4) is 0 Å². The molecule has 0 spiro atoms. The van der Waals surface area contributed by atoms with E-state index in [1.165, 1.54) is 5.56 Å². The zero-order valence-electron chi connectivity index (χ0n) is 16.2. The van der Waals surface area contributed by atoms with Crippen LogP contribution in [0.2, 0.25) is 0 Å². The van der Waals surface area contributed by atoms with Gasteiger partial charge in [-0.2, -0.15) is 0 Å². The molecule has 0 saturated carbocycles. The lowest BCUT2D eigenvalue weighted by atomic mass is 9.68. The van der Waals surface area contributed by atoms with Crippen LogP contribution < -0.4 is 10.1 Å². The lowest BCUT2D eigenvalue weighted by Gasteiger charge is -2.43. The minimum Gasteiger partial charge on any atom is -0.496 e. The quantitative estimate of drug-likeness (QED) is 0.735. The molecule has 3 rings (SSSR count). The van der Waals surface area contributed by atoms with Gasteiger partial charge < -0.3 is 19.2 Å². The van der Waals surface area contributed by atoms with E-state index >= 15 is 0 Å². The minimum atomic E-state index is 0.111. The molecule has 1 aliphatic heterocycles. The number of nitrogens with two attached hydrogens (primary N) is 1. The number of methoxy groups -OCH3 is 1. The van der Waals surface area contributed by atoms with Gasteiger partial charge in [0.15, 0.2) is 5.76 Å². The maximum absolute atomic E-state index is 6.09. The Morgan fingerprint density at radius 2 is 2.08 bits per heavy atom. The summed E-state index contributed by atoms with van der Waals surface area (Å²) in [6.45, 7) is 7.28. The summed E-state index contributed by atoms with van der Waals surface area (Å²) in [6, 6.07) is 12.5. The molecule has 1 aromatic heterocycles. The van der Waals surface area contributed by atoms with Crippen molar-refractivity contribution in [3.8, 4) is 5.75 Å². The van der Waals surface area contributed by atoms with E-state index in [2.05, 4.69) is 43.4 Å². The predicted molar refractivity (Wildman–Crippen MR) is 102 cm³/mol. The molecule has 2 atom stereocenters. The molecular formula is C22H32NO3+. The van der Waals surface area contributed by atoms with Crippen molar-refractivity contribution in [3.63, 3.8) is 0 Å². The fraction of sp³-hybridized carbons (Fsp3) is 0.545. The second-order valence-electron chi connectivity index (χ2n) is 7.70. The molecule has 1 aromatic carbocycles. The molecule has 2 heterocycles. The van der Waals surface area contributed by atoms with Crippen molar-refractivity contribution in [3.05, 3.63) is 54.0 Å². The first-order valence-corrected chi connectivity index (χ1v) is 9.74. The van der Waals surface area contributed by atoms with E-state index < -0.39 is 0 Å². The minimum absolute atomic E-state index is 0.111. The van der Waals surface area contributed by atoms with Crippen LogP contribution in [0.15, 0.2) is 47.1 Å². The van der Waals surface area contributed by atoms with Crippen molar-refractivity contribution in [2.24, 2.45) is 5.92 Å². The number of benzene rings is 1. The molecule has 4 heteroatoms. The summed E-state index contributed by atoms with van der Waals surface area (Å²) in [5.74, 6) is 2.56. The van der Waals surface area contributed by atoms with Gasteiger partial charge in [-0.15, -0.1) is 0 Å². The molecule has 26 heavy (non-hydrogen) atoms. The number of ether oxygens (including phenoxy) is 2. The second kappa shape index (κ2) is 8.74. The Hall–Kier alpha value is -1.78. The van der Waals surface area contributed by atoms with E-state index in [4.69, 9.17) is 13.9 Å². The first kappa shape index (κ1) is 19.0. The summed E-state index contributed by atoms with van der Waals surface area (Å²) in [5.41, 5.74) is 1.45. The smallest absolute Gasteiger partial charge is 0.157 e. The van der Waals surface area contributed by atoms with Gasteiger partial charge in [0.05, 0.1) is 26.0 Å². The monoisotopic (exact) mass is 358 g/mol. The Balaban J connectivity index is 1.77. The highest BCUT2D eigenvalue weighted by Gasteiger charge is 2.41. The van der Waals surface area contributed by atoms with Crippen molar-refractivity contribution in [2.75, 3.05) is 20.3 Å². The van der Waals surface area contributed by atoms with Crippen molar-refractivity contribution in [1.29, 1.82) is 0 Å². The van der Waals surface area contributed by atoms with Crippen molar-refractivity contribution in [2.45, 2.75) is 51.2 Å². The molecule has 1 fully saturated rings. The fourth-order valence-electron chi connectivity index (χ4n) is 4.12. The zero-order valence-corrected chi connectivity index (χ0v) is 16.2. The van der Waals surface area contributed by atoms with E-state index in [0.29, 0.717) is 12.0 Å². The predicted octanol–water partition coefficient (Wildman–Crippen LogP) is 3.51. The summed E-state index contributed by atoms with van der Waals surface area (Å²) in [4.78, 5) is 0. The van der Waals surface area contributed by atoms with Gasteiger partial charge >= 0.3 is 0 Å². The molecule has 1 saturated heterocycles. The van der Waals surface area contributed by atoms with Crippen LogP contribution in [-0.4, -0.2) is 26.4 Å². The largest absolute Gasteiger partial charge is 0.496 e. The van der Waals surface area contributed by atoms with Crippen LogP contribution in [0.1, 0.15) is 44.4 Å². The molecule has 142 valence electrons. The Morgan fingerprint density at radius 1 is 1.23 bits per heavy atom. The highest BCUT2D eigenvalue weighted by molar-refractivity contribution is 5.40. The van der Waals surface area contributed by atoms with E-state index in [9.17, 15) is 0 Å². The van der Waals surface area contributed by atoms with Gasteiger partial charge in [-0.25, -0.2) is 0 Å². The lowest BCUT2D eigenvalue weighted by Crippen LogP contribution is -2.83. The standard InChI is InChI=1S/C22H31NO3/c1-17(2)21-15-22(11-14-26-21,19-8-4-5-9-20(19)24-3)10-12-23-16-18-7-6-13-25-18/h4-9,13,17,21,23H,10-12,14-16H2,1-3H3/p+1/t21-,22+/m1/s1. The van der Waals surface area contributed by atoms with Gasteiger partial charge in [-0.1, -0.05) is 32.0 Å². The number of para-hydroxylation sites is 1. The third-order valence-electron chi connectivity index (χ3n) is 5.68. The van der Waals surface area contributed by atoms with Crippen LogP contribution >= 0.6 is 0 Å². The number of rotatable bonds is 8. The van der Waals surface area contributed by atoms with Gasteiger partial charge in [0.2, 0.25) is 0 Å². The molecule has 0 bridgehead atoms. The van der Waals surface area contributed by atoms with Gasteiger partial charge in [-0.3, -0.25) is 0 Å². The second-order valence-corrected chi connectivity index (χ2v) is 7.70. The third-order valence-corrected chi connectivity index (χ3v) is 5.68. The first-order chi connectivity index (χ1) is 12.6. The SMILES string of the molecule is COc1ccccc1[C@@]1(CC[NH2+]Cc2ccco2)CCO[C@@H](C(C)C)C1. The number of quaternary nitrogens is 1. The molecule has 2 N–H and O–H groups in total. The summed E-state index contributed by atoms with van der Waals surface area (Å²) >= 11 is 0. The number of hydrogen-bond donors (Lipinski definition) is 1. The molecule has 4 nitrogen and oxygen atoms in total. The molecule has 2 aromatic rings. The molecule has 0 aliphatic carbocycles. The molecule has 0 amide bonds. The summed E-state index contributed by atoms with van der Waals surface area (Å²) in [7, 11) is 1.77. The van der Waals surface area contributed by atoms with Gasteiger partial charge in [-0.05, 0) is 37.0 Å². The lowest BCUT2D eigenvalue weighted by molar-refractivity contribution is -0.673. The fourth-order valence-corrected chi connectivity index (χ4v) is 4.12. The molecule has 1 aliphatic rings.